The fourth-order valence-corrected chi connectivity index (χ4v) is 4.39. The van der Waals surface area contributed by atoms with Crippen molar-refractivity contribution >= 4 is 18.6 Å². The van der Waals surface area contributed by atoms with Gasteiger partial charge >= 0.3 is 35.6 Å². The Kier molecular flexibility index (Phi) is 14.8. The van der Waals surface area contributed by atoms with Crippen molar-refractivity contribution < 1.29 is 17.0 Å². The Morgan fingerprint density at radius 3 is 1.50 bits per heavy atom. The standard InChI is InChI=1S/C19H36N2.2ClH.Ti/c1-3-16-10-5-7-12-18(16)20-14-9-15-21-19-13-8-6-11-17(19)4-2;;;/h16-19H,3-15H2,1-2H3;2*1H;/q-2;;;+2/p-2. The van der Waals surface area contributed by atoms with Crippen LogP contribution in [0.25, 0.3) is 10.6 Å². The van der Waals surface area contributed by atoms with Crippen molar-refractivity contribution in [3.8, 4) is 0 Å². The van der Waals surface area contributed by atoms with E-state index in [1.165, 1.54) is 70.6 Å². The molecule has 0 radical (unpaired) electrons. The molecular weight excluding hydrogens is 375 g/mol. The minimum absolute atomic E-state index is 0.556. The third-order valence-corrected chi connectivity index (χ3v) is 5.83. The van der Waals surface area contributed by atoms with Crippen LogP contribution in [0.15, 0.2) is 0 Å². The maximum absolute atomic E-state index is 5.00. The molecule has 0 aromatic carbocycles. The molecule has 0 aliphatic heterocycles. The molecule has 4 unspecified atom stereocenters. The van der Waals surface area contributed by atoms with Crippen LogP contribution in [-0.4, -0.2) is 25.2 Å². The molecule has 2 saturated carbocycles. The molecule has 0 aromatic heterocycles. The van der Waals surface area contributed by atoms with E-state index in [0.29, 0.717) is 12.1 Å². The summed E-state index contributed by atoms with van der Waals surface area (Å²) in [6, 6.07) is 1.34. The van der Waals surface area contributed by atoms with E-state index >= 15 is 0 Å². The predicted molar refractivity (Wildman–Crippen MR) is 105 cm³/mol. The SMILES string of the molecule is CCC1CCCCC1[N-]CCC[N-]C1CCCCC1CC.[Cl][Ti][Cl]. The molecule has 0 saturated heterocycles. The molecule has 24 heavy (non-hydrogen) atoms. The van der Waals surface area contributed by atoms with E-state index in [2.05, 4.69) is 13.8 Å². The number of hydrogen-bond donors (Lipinski definition) is 0. The van der Waals surface area contributed by atoms with E-state index < -0.39 is 17.0 Å². The quantitative estimate of drug-likeness (QED) is 0.293. The monoisotopic (exact) mass is 410 g/mol. The van der Waals surface area contributed by atoms with Gasteiger partial charge in [-0.15, -0.1) is 12.1 Å². The molecular formula is C19H36Cl2N2Ti-2. The fourth-order valence-electron chi connectivity index (χ4n) is 4.39. The normalized spacial score (nSPS) is 30.3. The van der Waals surface area contributed by atoms with Gasteiger partial charge in [0.15, 0.2) is 0 Å². The summed E-state index contributed by atoms with van der Waals surface area (Å²) in [6.45, 7) is 6.77. The first kappa shape index (κ1) is 23.3. The summed E-state index contributed by atoms with van der Waals surface area (Å²) in [5, 5.41) is 9.99. The Morgan fingerprint density at radius 2 is 1.12 bits per heavy atom. The summed E-state index contributed by atoms with van der Waals surface area (Å²) in [4.78, 5) is 0. The van der Waals surface area contributed by atoms with Gasteiger partial charge in [-0.1, -0.05) is 96.3 Å². The van der Waals surface area contributed by atoms with Gasteiger partial charge in [-0.3, -0.25) is 0 Å². The molecule has 0 bridgehead atoms. The van der Waals surface area contributed by atoms with Crippen molar-refractivity contribution in [2.24, 2.45) is 11.8 Å². The first-order chi connectivity index (χ1) is 11.8. The van der Waals surface area contributed by atoms with Crippen LogP contribution in [0, 0.1) is 11.8 Å². The Hall–Kier alpha value is 1.21. The molecule has 0 heterocycles. The van der Waals surface area contributed by atoms with Crippen LogP contribution < -0.4 is 0 Å². The van der Waals surface area contributed by atoms with Crippen molar-refractivity contribution in [2.75, 3.05) is 13.1 Å². The molecule has 0 N–H and O–H groups in total. The molecule has 2 aliphatic carbocycles. The van der Waals surface area contributed by atoms with Crippen molar-refractivity contribution in [1.29, 1.82) is 0 Å². The minimum atomic E-state index is -0.556. The Bertz CT molecular complexity index is 269. The van der Waals surface area contributed by atoms with E-state index in [1.807, 2.05) is 0 Å². The number of rotatable bonds is 8. The van der Waals surface area contributed by atoms with Crippen LogP contribution >= 0.6 is 18.6 Å². The summed E-state index contributed by atoms with van der Waals surface area (Å²) in [5.41, 5.74) is 0. The van der Waals surface area contributed by atoms with E-state index in [9.17, 15) is 0 Å². The van der Waals surface area contributed by atoms with Gasteiger partial charge in [0, 0.05) is 0 Å². The third-order valence-electron chi connectivity index (χ3n) is 5.83. The Morgan fingerprint density at radius 1 is 0.750 bits per heavy atom. The first-order valence-corrected chi connectivity index (χ1v) is 14.4. The number of nitrogens with zero attached hydrogens (tertiary/aromatic N) is 2. The zero-order valence-electron chi connectivity index (χ0n) is 15.7. The van der Waals surface area contributed by atoms with Gasteiger partial charge in [-0.05, 0) is 0 Å². The van der Waals surface area contributed by atoms with Crippen LogP contribution in [0.2, 0.25) is 0 Å². The summed E-state index contributed by atoms with van der Waals surface area (Å²) in [6.07, 6.45) is 15.0. The summed E-state index contributed by atoms with van der Waals surface area (Å²) < 4.78 is 0. The molecule has 2 nitrogen and oxygen atoms in total. The van der Waals surface area contributed by atoms with Gasteiger partial charge in [0.1, 0.15) is 0 Å². The van der Waals surface area contributed by atoms with Crippen molar-refractivity contribution in [1.82, 2.24) is 0 Å². The van der Waals surface area contributed by atoms with Crippen LogP contribution in [0.1, 0.15) is 84.5 Å². The second kappa shape index (κ2) is 15.3. The Labute approximate surface area is 167 Å². The molecule has 5 heteroatoms. The second-order valence-electron chi connectivity index (χ2n) is 7.28. The van der Waals surface area contributed by atoms with Crippen molar-refractivity contribution in [3.63, 3.8) is 0 Å². The Balaban J connectivity index is 0.000000891. The van der Waals surface area contributed by atoms with E-state index in [0.717, 1.165) is 24.9 Å². The van der Waals surface area contributed by atoms with Crippen LogP contribution in [0.5, 0.6) is 0 Å². The number of hydrogen-bond acceptors (Lipinski definition) is 0. The van der Waals surface area contributed by atoms with Gasteiger partial charge < -0.3 is 10.6 Å². The molecule has 2 rings (SSSR count). The van der Waals surface area contributed by atoms with E-state index in [4.69, 9.17) is 29.2 Å². The van der Waals surface area contributed by atoms with Gasteiger partial charge in [-0.25, -0.2) is 0 Å². The van der Waals surface area contributed by atoms with E-state index in [-0.39, 0.29) is 0 Å². The van der Waals surface area contributed by atoms with Crippen LogP contribution in [0.3, 0.4) is 0 Å². The predicted octanol–water partition coefficient (Wildman–Crippen LogP) is 7.44. The molecule has 0 aromatic rings. The molecule has 142 valence electrons. The van der Waals surface area contributed by atoms with Gasteiger partial charge in [0.25, 0.3) is 0 Å². The average Bonchev–Trinajstić information content (AvgIpc) is 2.63. The summed E-state index contributed by atoms with van der Waals surface area (Å²) >= 11 is -0.556. The fraction of sp³-hybridized carbons (Fsp3) is 1.00. The zero-order valence-corrected chi connectivity index (χ0v) is 18.7. The zero-order chi connectivity index (χ0) is 17.6. The van der Waals surface area contributed by atoms with Crippen molar-refractivity contribution in [2.45, 2.75) is 96.6 Å². The molecule has 0 spiro atoms. The topological polar surface area (TPSA) is 28.2 Å². The molecule has 2 aliphatic rings. The van der Waals surface area contributed by atoms with Gasteiger partial charge in [-0.2, -0.15) is 13.1 Å². The van der Waals surface area contributed by atoms with Gasteiger partial charge in [0.2, 0.25) is 0 Å². The average molecular weight is 411 g/mol. The third kappa shape index (κ3) is 9.24. The molecule has 0 amide bonds. The molecule has 2 fully saturated rings. The summed E-state index contributed by atoms with van der Waals surface area (Å²) in [5.74, 6) is 1.75. The maximum atomic E-state index is 5.00. The van der Waals surface area contributed by atoms with Gasteiger partial charge in [0.05, 0.1) is 0 Å². The van der Waals surface area contributed by atoms with Crippen LogP contribution in [-0.2, 0) is 17.0 Å². The number of halogens is 2. The first-order valence-electron chi connectivity index (χ1n) is 10.1. The van der Waals surface area contributed by atoms with E-state index in [1.54, 1.807) is 0 Å². The van der Waals surface area contributed by atoms with Crippen LogP contribution in [0.4, 0.5) is 0 Å². The summed E-state index contributed by atoms with van der Waals surface area (Å²) in [7, 11) is 9.78. The molecule has 4 atom stereocenters. The second-order valence-corrected chi connectivity index (χ2v) is 9.86. The van der Waals surface area contributed by atoms with Crippen molar-refractivity contribution in [3.05, 3.63) is 10.6 Å².